The third-order valence-electron chi connectivity index (χ3n) is 5.85. The molecule has 32 heavy (non-hydrogen) atoms. The van der Waals surface area contributed by atoms with Gasteiger partial charge in [0.15, 0.2) is 0 Å². The minimum atomic E-state index is 0.0160. The van der Waals surface area contributed by atoms with Crippen molar-refractivity contribution in [3.8, 4) is 17.2 Å². The normalized spacial score (nSPS) is 13.4. The Hall–Kier alpha value is -4.24. The van der Waals surface area contributed by atoms with Gasteiger partial charge in [-0.2, -0.15) is 5.26 Å². The number of hydrogen-bond acceptors (Lipinski definition) is 5. The van der Waals surface area contributed by atoms with Crippen LogP contribution < -0.4 is 5.32 Å². The highest BCUT2D eigenvalue weighted by molar-refractivity contribution is 5.98. The van der Waals surface area contributed by atoms with Gasteiger partial charge in [-0.15, -0.1) is 0 Å². The third-order valence-corrected chi connectivity index (χ3v) is 5.85. The van der Waals surface area contributed by atoms with Crippen molar-refractivity contribution in [2.75, 3.05) is 18.4 Å². The van der Waals surface area contributed by atoms with E-state index in [2.05, 4.69) is 33.5 Å². The maximum Gasteiger partial charge on any atom is 0.255 e. The fourth-order valence-electron chi connectivity index (χ4n) is 4.09. The van der Waals surface area contributed by atoms with Crippen molar-refractivity contribution in [1.82, 2.24) is 14.9 Å². The molecule has 0 bridgehead atoms. The summed E-state index contributed by atoms with van der Waals surface area (Å²) in [6, 6.07) is 19.8. The highest BCUT2D eigenvalue weighted by atomic mass is 16.2. The van der Waals surface area contributed by atoms with E-state index in [0.717, 1.165) is 33.3 Å². The fraction of sp³-hybridized carbons (Fsp3) is 0.154. The molecule has 0 spiro atoms. The zero-order valence-corrected chi connectivity index (χ0v) is 17.6. The van der Waals surface area contributed by atoms with Gasteiger partial charge < -0.3 is 10.2 Å². The minimum Gasteiger partial charge on any atom is -0.378 e. The molecule has 1 saturated heterocycles. The molecule has 1 aliphatic heterocycles. The second-order valence-electron chi connectivity index (χ2n) is 8.00. The van der Waals surface area contributed by atoms with Crippen molar-refractivity contribution in [3.63, 3.8) is 0 Å². The molecule has 6 nitrogen and oxygen atoms in total. The van der Waals surface area contributed by atoms with E-state index in [-0.39, 0.29) is 11.9 Å². The van der Waals surface area contributed by atoms with Crippen molar-refractivity contribution in [2.45, 2.75) is 13.0 Å². The molecular weight excluding hydrogens is 398 g/mol. The predicted octanol–water partition coefficient (Wildman–Crippen LogP) is 4.41. The number of nitriles is 1. The monoisotopic (exact) mass is 419 g/mol. The van der Waals surface area contributed by atoms with E-state index in [1.807, 2.05) is 48.4 Å². The molecule has 3 heterocycles. The highest BCUT2D eigenvalue weighted by Crippen LogP contribution is 2.32. The van der Waals surface area contributed by atoms with Crippen molar-refractivity contribution in [2.24, 2.45) is 0 Å². The van der Waals surface area contributed by atoms with Gasteiger partial charge in [-0.25, -0.2) is 0 Å². The van der Waals surface area contributed by atoms with Crippen LogP contribution >= 0.6 is 0 Å². The molecule has 0 saturated carbocycles. The van der Waals surface area contributed by atoms with Gasteiger partial charge in [-0.3, -0.25) is 14.8 Å². The fourth-order valence-corrected chi connectivity index (χ4v) is 4.09. The van der Waals surface area contributed by atoms with Crippen LogP contribution in [0.3, 0.4) is 0 Å². The van der Waals surface area contributed by atoms with Crippen molar-refractivity contribution in [3.05, 3.63) is 90.0 Å². The van der Waals surface area contributed by atoms with Crippen LogP contribution in [-0.4, -0.2) is 39.9 Å². The van der Waals surface area contributed by atoms with E-state index in [0.29, 0.717) is 24.2 Å². The van der Waals surface area contributed by atoms with E-state index in [4.69, 9.17) is 0 Å². The first-order chi connectivity index (χ1) is 15.6. The summed E-state index contributed by atoms with van der Waals surface area (Å²) in [4.78, 5) is 23.1. The van der Waals surface area contributed by atoms with Crippen LogP contribution in [0.5, 0.6) is 0 Å². The summed E-state index contributed by atoms with van der Waals surface area (Å²) in [5.41, 5.74) is 5.02. The van der Waals surface area contributed by atoms with E-state index < -0.39 is 0 Å². The lowest BCUT2D eigenvalue weighted by Gasteiger charge is -2.40. The zero-order valence-electron chi connectivity index (χ0n) is 17.6. The minimum absolute atomic E-state index is 0.0160. The molecule has 1 N–H and O–H groups in total. The molecule has 4 aromatic rings. The van der Waals surface area contributed by atoms with Gasteiger partial charge in [-0.05, 0) is 65.9 Å². The standard InChI is InChI=1S/C26H21N5O/c1-17-23(6-3-8-29-17)26(32)31-15-22(16-31)30-25-12-21(11-20-7-9-28-14-24(20)25)19-5-2-4-18(10-19)13-27/h2-12,14,22,30H,15-16H2,1H3. The Morgan fingerprint density at radius 3 is 2.78 bits per heavy atom. The SMILES string of the molecule is Cc1ncccc1C(=O)N1CC(Nc2cc(-c3cccc(C#N)c3)cc3ccncc23)C1. The van der Waals surface area contributed by atoms with Crippen LogP contribution in [0.1, 0.15) is 21.6 Å². The highest BCUT2D eigenvalue weighted by Gasteiger charge is 2.32. The Kier molecular flexibility index (Phi) is 5.00. The number of pyridine rings is 2. The molecule has 0 radical (unpaired) electrons. The summed E-state index contributed by atoms with van der Waals surface area (Å²) in [6.07, 6.45) is 5.33. The Bertz CT molecular complexity index is 1370. The topological polar surface area (TPSA) is 81.9 Å². The number of aryl methyl sites for hydroxylation is 1. The summed E-state index contributed by atoms with van der Waals surface area (Å²) in [6.45, 7) is 3.11. The maximum atomic E-state index is 12.8. The van der Waals surface area contributed by atoms with Gasteiger partial charge in [0.1, 0.15) is 0 Å². The predicted molar refractivity (Wildman–Crippen MR) is 124 cm³/mol. The summed E-state index contributed by atoms with van der Waals surface area (Å²) in [7, 11) is 0. The molecule has 1 fully saturated rings. The van der Waals surface area contributed by atoms with E-state index in [1.54, 1.807) is 24.5 Å². The lowest BCUT2D eigenvalue weighted by molar-refractivity contribution is 0.0624. The lowest BCUT2D eigenvalue weighted by atomic mass is 9.98. The summed E-state index contributed by atoms with van der Waals surface area (Å²) >= 11 is 0. The number of nitrogens with one attached hydrogen (secondary N) is 1. The van der Waals surface area contributed by atoms with Gasteiger partial charge in [0.05, 0.1) is 23.2 Å². The average Bonchev–Trinajstić information content (AvgIpc) is 2.80. The first-order valence-electron chi connectivity index (χ1n) is 10.5. The van der Waals surface area contributed by atoms with E-state index in [9.17, 15) is 10.1 Å². The Morgan fingerprint density at radius 2 is 1.97 bits per heavy atom. The van der Waals surface area contributed by atoms with Crippen molar-refractivity contribution in [1.29, 1.82) is 5.26 Å². The lowest BCUT2D eigenvalue weighted by Crippen LogP contribution is -2.57. The largest absolute Gasteiger partial charge is 0.378 e. The van der Waals surface area contributed by atoms with Gasteiger partial charge in [0.2, 0.25) is 0 Å². The number of rotatable bonds is 4. The second kappa shape index (κ2) is 8.12. The number of aromatic nitrogens is 2. The number of nitrogens with zero attached hydrogens (tertiary/aromatic N) is 4. The molecular formula is C26H21N5O. The Balaban J connectivity index is 1.39. The zero-order chi connectivity index (χ0) is 22.1. The van der Waals surface area contributed by atoms with Crippen LogP contribution in [0.15, 0.2) is 73.2 Å². The van der Waals surface area contributed by atoms with Gasteiger partial charge in [-0.1, -0.05) is 12.1 Å². The Morgan fingerprint density at radius 1 is 1.09 bits per heavy atom. The summed E-state index contributed by atoms with van der Waals surface area (Å²) in [5.74, 6) is 0.0160. The van der Waals surface area contributed by atoms with Crippen LogP contribution in [0.2, 0.25) is 0 Å². The molecule has 0 unspecified atom stereocenters. The molecule has 1 aliphatic rings. The van der Waals surface area contributed by atoms with Crippen LogP contribution in [0.25, 0.3) is 21.9 Å². The van der Waals surface area contributed by atoms with Crippen LogP contribution in [0.4, 0.5) is 5.69 Å². The first kappa shape index (κ1) is 19.7. The number of fused-ring (bicyclic) bond motifs is 1. The maximum absolute atomic E-state index is 12.8. The number of carbonyl (C=O) groups excluding carboxylic acids is 1. The molecule has 0 atom stereocenters. The number of likely N-dealkylation sites (tertiary alicyclic amines) is 1. The summed E-state index contributed by atoms with van der Waals surface area (Å²) in [5, 5.41) is 15.0. The third kappa shape index (κ3) is 3.65. The quantitative estimate of drug-likeness (QED) is 0.530. The van der Waals surface area contributed by atoms with Gasteiger partial charge >= 0.3 is 0 Å². The van der Waals surface area contributed by atoms with Crippen molar-refractivity contribution < 1.29 is 4.79 Å². The number of hydrogen-bond donors (Lipinski definition) is 1. The van der Waals surface area contributed by atoms with Gasteiger partial charge in [0, 0.05) is 48.4 Å². The molecule has 156 valence electrons. The molecule has 2 aromatic heterocycles. The van der Waals surface area contributed by atoms with E-state index >= 15 is 0 Å². The molecule has 2 aromatic carbocycles. The first-order valence-corrected chi connectivity index (χ1v) is 10.5. The Labute approximate surface area is 186 Å². The smallest absolute Gasteiger partial charge is 0.255 e. The summed E-state index contributed by atoms with van der Waals surface area (Å²) < 4.78 is 0. The number of benzene rings is 2. The van der Waals surface area contributed by atoms with Crippen LogP contribution in [-0.2, 0) is 0 Å². The molecule has 5 rings (SSSR count). The number of carbonyl (C=O) groups is 1. The van der Waals surface area contributed by atoms with Crippen molar-refractivity contribution >= 4 is 22.4 Å². The van der Waals surface area contributed by atoms with Crippen LogP contribution in [0, 0.1) is 18.3 Å². The number of amides is 1. The second-order valence-corrected chi connectivity index (χ2v) is 8.00. The number of anilines is 1. The van der Waals surface area contributed by atoms with E-state index in [1.165, 1.54) is 0 Å². The van der Waals surface area contributed by atoms with Gasteiger partial charge in [0.25, 0.3) is 5.91 Å². The molecule has 6 heteroatoms. The molecule has 1 amide bonds. The average molecular weight is 419 g/mol. The molecule has 0 aliphatic carbocycles.